The molecule has 0 atom stereocenters. The van der Waals surface area contributed by atoms with Gasteiger partial charge in [0, 0.05) is 19.2 Å². The topological polar surface area (TPSA) is 98.7 Å². The molecule has 0 saturated carbocycles. The highest BCUT2D eigenvalue weighted by molar-refractivity contribution is 5.89. The number of nitrogens with one attached hydrogen (secondary N) is 3. The Morgan fingerprint density at radius 2 is 1.95 bits per heavy atom. The molecule has 0 radical (unpaired) electrons. The zero-order chi connectivity index (χ0) is 26.9. The van der Waals surface area contributed by atoms with Crippen LogP contribution < -0.4 is 25.4 Å². The zero-order valence-corrected chi connectivity index (χ0v) is 21.5. The Morgan fingerprint density at radius 3 is 2.66 bits per heavy atom. The number of alkyl halides is 2. The van der Waals surface area contributed by atoms with Crippen LogP contribution in [0.2, 0.25) is 0 Å². The molecule has 204 valence electrons. The number of carbonyl (C=O) groups is 1. The van der Waals surface area contributed by atoms with Crippen molar-refractivity contribution in [2.45, 2.75) is 39.5 Å². The molecule has 11 heteroatoms. The lowest BCUT2D eigenvalue weighted by Gasteiger charge is -2.22. The van der Waals surface area contributed by atoms with Gasteiger partial charge >= 0.3 is 12.6 Å². The molecule has 1 aromatic heterocycles. The first-order chi connectivity index (χ1) is 18.4. The number of methoxy groups -OCH3 is 1. The number of benzene rings is 2. The summed E-state index contributed by atoms with van der Waals surface area (Å²) in [5.41, 5.74) is 2.60. The second-order valence-electron chi connectivity index (χ2n) is 9.09. The molecule has 1 fully saturated rings. The maximum Gasteiger partial charge on any atom is 0.387 e. The summed E-state index contributed by atoms with van der Waals surface area (Å²) in [5.74, 6) is 1.32. The molecular formula is C27H33F2N5O4. The second kappa shape index (κ2) is 13.2. The van der Waals surface area contributed by atoms with Gasteiger partial charge in [-0.1, -0.05) is 24.3 Å². The summed E-state index contributed by atoms with van der Waals surface area (Å²) in [6.45, 7) is 1.59. The number of rotatable bonds is 11. The lowest BCUT2D eigenvalue weighted by atomic mass is 9.99. The van der Waals surface area contributed by atoms with Crippen LogP contribution in [-0.2, 0) is 17.9 Å². The Morgan fingerprint density at radius 1 is 1.18 bits per heavy atom. The Bertz CT molecular complexity index is 1200. The van der Waals surface area contributed by atoms with Gasteiger partial charge in [0.05, 0.1) is 24.5 Å². The molecule has 2 aromatic carbocycles. The normalized spacial score (nSPS) is 13.9. The van der Waals surface area contributed by atoms with Crippen molar-refractivity contribution >= 4 is 11.8 Å². The highest BCUT2D eigenvalue weighted by Crippen LogP contribution is 2.29. The largest absolute Gasteiger partial charge is 0.476 e. The van der Waals surface area contributed by atoms with Crippen molar-refractivity contribution < 1.29 is 27.8 Å². The van der Waals surface area contributed by atoms with Crippen molar-refractivity contribution in [3.05, 3.63) is 65.2 Å². The van der Waals surface area contributed by atoms with E-state index in [9.17, 15) is 13.6 Å². The maximum absolute atomic E-state index is 13.0. The molecule has 0 bridgehead atoms. The molecule has 0 spiro atoms. The van der Waals surface area contributed by atoms with Crippen molar-refractivity contribution in [1.82, 2.24) is 20.4 Å². The van der Waals surface area contributed by atoms with E-state index in [1.807, 2.05) is 37.3 Å². The minimum Gasteiger partial charge on any atom is -0.476 e. The van der Waals surface area contributed by atoms with Crippen LogP contribution in [0, 0.1) is 12.8 Å². The molecule has 2 heterocycles. The number of piperidine rings is 1. The molecule has 1 aliphatic rings. The molecule has 2 amide bonds. The molecule has 9 nitrogen and oxygen atoms in total. The van der Waals surface area contributed by atoms with E-state index in [2.05, 4.69) is 25.8 Å². The highest BCUT2D eigenvalue weighted by atomic mass is 19.3. The summed E-state index contributed by atoms with van der Waals surface area (Å²) in [7, 11) is 1.54. The van der Waals surface area contributed by atoms with Crippen molar-refractivity contribution in [1.29, 1.82) is 0 Å². The summed E-state index contributed by atoms with van der Waals surface area (Å²) in [6.07, 6.45) is 2.07. The smallest absolute Gasteiger partial charge is 0.387 e. The first kappa shape index (κ1) is 27.3. The lowest BCUT2D eigenvalue weighted by molar-refractivity contribution is -0.0504. The maximum atomic E-state index is 13.0. The lowest BCUT2D eigenvalue weighted by Crippen LogP contribution is -2.30. The van der Waals surface area contributed by atoms with Gasteiger partial charge in [-0.05, 0) is 68.6 Å². The van der Waals surface area contributed by atoms with E-state index in [1.165, 1.54) is 13.2 Å². The van der Waals surface area contributed by atoms with E-state index in [4.69, 9.17) is 9.47 Å². The van der Waals surface area contributed by atoms with E-state index in [0.717, 1.165) is 37.2 Å². The Hall–Kier alpha value is -3.70. The number of para-hydroxylation sites is 1. The minimum atomic E-state index is -2.98. The quantitative estimate of drug-likeness (QED) is 0.335. The summed E-state index contributed by atoms with van der Waals surface area (Å²) in [5, 5.41) is 13.6. The number of hydrogen-bond acceptors (Lipinski definition) is 6. The summed E-state index contributed by atoms with van der Waals surface area (Å²) < 4.78 is 43.3. The fraction of sp³-hybridized carbons (Fsp3) is 0.407. The van der Waals surface area contributed by atoms with Crippen LogP contribution >= 0.6 is 0 Å². The van der Waals surface area contributed by atoms with Gasteiger partial charge in [-0.2, -0.15) is 8.78 Å². The van der Waals surface area contributed by atoms with Crippen molar-refractivity contribution in [3.8, 4) is 17.3 Å². The predicted molar refractivity (Wildman–Crippen MR) is 139 cm³/mol. The molecule has 0 unspecified atom stereocenters. The number of hydrogen-bond donors (Lipinski definition) is 3. The van der Waals surface area contributed by atoms with Crippen LogP contribution in [0.3, 0.4) is 0 Å². The van der Waals surface area contributed by atoms with E-state index in [-0.39, 0.29) is 12.3 Å². The van der Waals surface area contributed by atoms with Crippen molar-refractivity contribution in [3.63, 3.8) is 0 Å². The number of amides is 2. The first-order valence-corrected chi connectivity index (χ1v) is 12.5. The number of anilines is 1. The number of nitrogens with zero attached hydrogens (tertiary/aromatic N) is 2. The third kappa shape index (κ3) is 7.20. The van der Waals surface area contributed by atoms with Crippen LogP contribution in [-0.4, -0.2) is 49.2 Å². The summed E-state index contributed by atoms with van der Waals surface area (Å²) in [6, 6.07) is 13.6. The number of carbonyl (C=O) groups excluding carboxylic acids is 1. The molecule has 0 aliphatic carbocycles. The first-order valence-electron chi connectivity index (χ1n) is 12.5. The average molecular weight is 530 g/mol. The van der Waals surface area contributed by atoms with Gasteiger partial charge in [0.25, 0.3) is 0 Å². The molecule has 4 rings (SSSR count). The van der Waals surface area contributed by atoms with Crippen molar-refractivity contribution in [2.75, 3.05) is 32.1 Å². The second-order valence-corrected chi connectivity index (χ2v) is 9.09. The number of aromatic nitrogens is 2. The van der Waals surface area contributed by atoms with Gasteiger partial charge in [-0.3, -0.25) is 5.32 Å². The van der Waals surface area contributed by atoms with Gasteiger partial charge < -0.3 is 24.8 Å². The third-order valence-electron chi connectivity index (χ3n) is 6.32. The molecule has 3 N–H and O–H groups in total. The number of halogens is 2. The molecule has 1 saturated heterocycles. The van der Waals surface area contributed by atoms with Gasteiger partial charge in [0.2, 0.25) is 5.88 Å². The molecule has 3 aromatic rings. The fourth-order valence-electron chi connectivity index (χ4n) is 4.33. The Kier molecular flexibility index (Phi) is 9.50. The standard InChI is InChI=1S/C27H33F2N5O4/c1-18-24(32-27(35)31-15-21-14-20(16-36-2)8-9-23(21)38-26(28)29)34(22-6-4-3-5-7-22)33-25(18)37-17-19-10-12-30-13-11-19/h3-9,14,19,26,30H,10-13,15-17H2,1-2H3,(H2,31,32,35). The third-order valence-corrected chi connectivity index (χ3v) is 6.32. The van der Waals surface area contributed by atoms with Crippen LogP contribution in [0.15, 0.2) is 48.5 Å². The van der Waals surface area contributed by atoms with Gasteiger partial charge in [0.1, 0.15) is 11.6 Å². The van der Waals surface area contributed by atoms with Crippen LogP contribution in [0.25, 0.3) is 5.69 Å². The van der Waals surface area contributed by atoms with Gasteiger partial charge in [-0.25, -0.2) is 9.48 Å². The SMILES string of the molecule is COCc1ccc(OC(F)F)c(CNC(=O)Nc2c(C)c(OCC3CCNCC3)nn2-c2ccccc2)c1. The minimum absolute atomic E-state index is 0.0146. The monoisotopic (exact) mass is 529 g/mol. The summed E-state index contributed by atoms with van der Waals surface area (Å²) >= 11 is 0. The highest BCUT2D eigenvalue weighted by Gasteiger charge is 2.21. The van der Waals surface area contributed by atoms with Crippen LogP contribution in [0.4, 0.5) is 19.4 Å². The molecular weight excluding hydrogens is 496 g/mol. The van der Waals surface area contributed by atoms with E-state index >= 15 is 0 Å². The van der Waals surface area contributed by atoms with E-state index in [1.54, 1.807) is 16.8 Å². The van der Waals surface area contributed by atoms with Gasteiger partial charge in [-0.15, -0.1) is 5.10 Å². The number of urea groups is 1. The zero-order valence-electron chi connectivity index (χ0n) is 21.5. The van der Waals surface area contributed by atoms with Gasteiger partial charge in [0.15, 0.2) is 0 Å². The Balaban J connectivity index is 1.50. The number of ether oxygens (including phenoxy) is 3. The van der Waals surface area contributed by atoms with Crippen molar-refractivity contribution in [2.24, 2.45) is 5.92 Å². The van der Waals surface area contributed by atoms with Crippen LogP contribution in [0.5, 0.6) is 11.6 Å². The fourth-order valence-corrected chi connectivity index (χ4v) is 4.33. The average Bonchev–Trinajstić information content (AvgIpc) is 3.23. The van der Waals surface area contributed by atoms with Crippen LogP contribution in [0.1, 0.15) is 29.5 Å². The molecule has 1 aliphatic heterocycles. The Labute approximate surface area is 220 Å². The summed E-state index contributed by atoms with van der Waals surface area (Å²) in [4.78, 5) is 13.0. The predicted octanol–water partition coefficient (Wildman–Crippen LogP) is 4.63. The van der Waals surface area contributed by atoms with E-state index < -0.39 is 12.6 Å². The molecule has 38 heavy (non-hydrogen) atoms. The van der Waals surface area contributed by atoms with E-state index in [0.29, 0.717) is 42.0 Å².